The fraction of sp³-hybridized carbons (Fsp3) is 0.133. The highest BCUT2D eigenvalue weighted by molar-refractivity contribution is 6.30. The zero-order chi connectivity index (χ0) is 15.2. The first-order valence-corrected chi connectivity index (χ1v) is 6.59. The molecule has 2 aromatic carbocycles. The molecule has 0 saturated carbocycles. The number of para-hydroxylation sites is 1. The summed E-state index contributed by atoms with van der Waals surface area (Å²) in [5, 5.41) is 11.3. The lowest BCUT2D eigenvalue weighted by molar-refractivity contribution is -0.385. The summed E-state index contributed by atoms with van der Waals surface area (Å²) >= 11 is 5.79. The molecular formula is C15H12ClNO4. The van der Waals surface area contributed by atoms with Crippen LogP contribution >= 0.6 is 11.6 Å². The molecule has 6 heteroatoms. The maximum Gasteiger partial charge on any atom is 0.272 e. The highest BCUT2D eigenvalue weighted by Gasteiger charge is 2.12. The summed E-state index contributed by atoms with van der Waals surface area (Å²) in [5.74, 6) is 0.410. The molecule has 5 nitrogen and oxygen atoms in total. The molecule has 0 unspecified atom stereocenters. The Balaban J connectivity index is 2.05. The molecule has 0 bridgehead atoms. The maximum absolute atomic E-state index is 10.9. The van der Waals surface area contributed by atoms with E-state index in [1.54, 1.807) is 30.3 Å². The zero-order valence-corrected chi connectivity index (χ0v) is 11.7. The Morgan fingerprint density at radius 1 is 1.24 bits per heavy atom. The largest absolute Gasteiger partial charge is 0.492 e. The number of nitro groups is 1. The number of ether oxygens (including phenoxy) is 1. The van der Waals surface area contributed by atoms with Gasteiger partial charge in [-0.05, 0) is 18.2 Å². The van der Waals surface area contributed by atoms with Gasteiger partial charge in [0.2, 0.25) is 0 Å². The molecule has 0 aliphatic carbocycles. The Labute approximate surface area is 126 Å². The third-order valence-electron chi connectivity index (χ3n) is 2.92. The standard InChI is InChI=1S/C15H12ClNO4/c16-13-5-6-15(12(9-13)10-18)21-8-7-11-3-1-2-4-14(11)17(19)20/h1-6,9-10H,7-8H2. The summed E-state index contributed by atoms with van der Waals surface area (Å²) in [6, 6.07) is 11.2. The van der Waals surface area contributed by atoms with Crippen LogP contribution in [0.4, 0.5) is 5.69 Å². The van der Waals surface area contributed by atoms with Gasteiger partial charge in [0.1, 0.15) is 5.75 Å². The Bertz CT molecular complexity index is 672. The van der Waals surface area contributed by atoms with E-state index < -0.39 is 4.92 Å². The highest BCUT2D eigenvalue weighted by atomic mass is 35.5. The fourth-order valence-corrected chi connectivity index (χ4v) is 2.09. The third-order valence-corrected chi connectivity index (χ3v) is 3.15. The van der Waals surface area contributed by atoms with Crippen molar-refractivity contribution < 1.29 is 14.5 Å². The van der Waals surface area contributed by atoms with Crippen LogP contribution in [0, 0.1) is 10.1 Å². The van der Waals surface area contributed by atoms with Crippen molar-refractivity contribution in [1.82, 2.24) is 0 Å². The van der Waals surface area contributed by atoms with Crippen LogP contribution in [-0.4, -0.2) is 17.8 Å². The molecule has 0 N–H and O–H groups in total. The molecule has 0 radical (unpaired) electrons. The molecule has 0 atom stereocenters. The average molecular weight is 306 g/mol. The topological polar surface area (TPSA) is 69.4 Å². The van der Waals surface area contributed by atoms with Crippen molar-refractivity contribution in [3.05, 3.63) is 68.7 Å². The lowest BCUT2D eigenvalue weighted by Crippen LogP contribution is -2.05. The number of carbonyl (C=O) groups excluding carboxylic acids is 1. The molecule has 108 valence electrons. The number of hydrogen-bond donors (Lipinski definition) is 0. The van der Waals surface area contributed by atoms with Crippen molar-refractivity contribution in [3.63, 3.8) is 0 Å². The molecule has 0 heterocycles. The first kappa shape index (κ1) is 15.0. The minimum Gasteiger partial charge on any atom is -0.492 e. The molecule has 2 rings (SSSR count). The monoisotopic (exact) mass is 305 g/mol. The molecule has 0 aliphatic heterocycles. The maximum atomic E-state index is 10.9. The summed E-state index contributed by atoms with van der Waals surface area (Å²) in [5.41, 5.74) is 1.00. The van der Waals surface area contributed by atoms with E-state index in [-0.39, 0.29) is 12.3 Å². The Hall–Kier alpha value is -2.40. The van der Waals surface area contributed by atoms with E-state index in [1.807, 2.05) is 0 Å². The number of hydrogen-bond acceptors (Lipinski definition) is 4. The van der Waals surface area contributed by atoms with Crippen LogP contribution in [0.15, 0.2) is 42.5 Å². The number of benzene rings is 2. The van der Waals surface area contributed by atoms with Gasteiger partial charge < -0.3 is 4.74 Å². The van der Waals surface area contributed by atoms with E-state index in [4.69, 9.17) is 16.3 Å². The summed E-state index contributed by atoms with van der Waals surface area (Å²) in [4.78, 5) is 21.4. The second-order valence-electron chi connectivity index (χ2n) is 4.28. The van der Waals surface area contributed by atoms with E-state index in [2.05, 4.69) is 0 Å². The summed E-state index contributed by atoms with van der Waals surface area (Å²) in [7, 11) is 0. The third kappa shape index (κ3) is 3.79. The predicted octanol–water partition coefficient (Wildman–Crippen LogP) is 3.68. The first-order valence-electron chi connectivity index (χ1n) is 6.21. The summed E-state index contributed by atoms with van der Waals surface area (Å²) in [6.07, 6.45) is 1.03. The van der Waals surface area contributed by atoms with Gasteiger partial charge in [-0.25, -0.2) is 0 Å². The second kappa shape index (κ2) is 6.85. The lowest BCUT2D eigenvalue weighted by Gasteiger charge is -2.09. The van der Waals surface area contributed by atoms with Gasteiger partial charge in [0.25, 0.3) is 5.69 Å². The van der Waals surface area contributed by atoms with Crippen molar-refractivity contribution in [1.29, 1.82) is 0 Å². The Kier molecular flexibility index (Phi) is 4.90. The van der Waals surface area contributed by atoms with Gasteiger partial charge in [-0.1, -0.05) is 29.8 Å². The molecular weight excluding hydrogens is 294 g/mol. The van der Waals surface area contributed by atoms with Crippen LogP contribution in [0.3, 0.4) is 0 Å². The van der Waals surface area contributed by atoms with Gasteiger partial charge in [0, 0.05) is 23.1 Å². The molecule has 0 spiro atoms. The van der Waals surface area contributed by atoms with Crippen molar-refractivity contribution in [2.24, 2.45) is 0 Å². The molecule has 21 heavy (non-hydrogen) atoms. The number of halogens is 1. The summed E-state index contributed by atoms with van der Waals surface area (Å²) < 4.78 is 5.51. The van der Waals surface area contributed by atoms with Gasteiger partial charge >= 0.3 is 0 Å². The van der Waals surface area contributed by atoms with Gasteiger partial charge in [-0.2, -0.15) is 0 Å². The predicted molar refractivity (Wildman–Crippen MR) is 79.1 cm³/mol. The molecule has 0 amide bonds. The Morgan fingerprint density at radius 3 is 2.71 bits per heavy atom. The van der Waals surface area contributed by atoms with E-state index >= 15 is 0 Å². The molecule has 0 aromatic heterocycles. The lowest BCUT2D eigenvalue weighted by atomic mass is 10.1. The minimum atomic E-state index is -0.422. The zero-order valence-electron chi connectivity index (χ0n) is 11.0. The molecule has 0 saturated heterocycles. The van der Waals surface area contributed by atoms with Crippen LogP contribution in [0.5, 0.6) is 5.75 Å². The van der Waals surface area contributed by atoms with Crippen LogP contribution in [-0.2, 0) is 6.42 Å². The normalized spacial score (nSPS) is 10.1. The molecule has 2 aromatic rings. The van der Waals surface area contributed by atoms with Gasteiger partial charge in [-0.3, -0.25) is 14.9 Å². The second-order valence-corrected chi connectivity index (χ2v) is 4.72. The molecule has 0 fully saturated rings. The summed E-state index contributed by atoms with van der Waals surface area (Å²) in [6.45, 7) is 0.229. The van der Waals surface area contributed by atoms with E-state index in [0.717, 1.165) is 0 Å². The van der Waals surface area contributed by atoms with Crippen molar-refractivity contribution in [2.75, 3.05) is 6.61 Å². The molecule has 0 aliphatic rings. The minimum absolute atomic E-state index is 0.0628. The Morgan fingerprint density at radius 2 is 2.00 bits per heavy atom. The smallest absolute Gasteiger partial charge is 0.272 e. The first-order chi connectivity index (χ1) is 10.1. The number of nitrogens with zero attached hydrogens (tertiary/aromatic N) is 1. The van der Waals surface area contributed by atoms with E-state index in [9.17, 15) is 14.9 Å². The highest BCUT2D eigenvalue weighted by Crippen LogP contribution is 2.22. The number of rotatable bonds is 6. The van der Waals surface area contributed by atoms with Crippen molar-refractivity contribution in [2.45, 2.75) is 6.42 Å². The SMILES string of the molecule is O=Cc1cc(Cl)ccc1OCCc1ccccc1[N+](=O)[O-]. The van der Waals surface area contributed by atoms with Gasteiger partial charge in [0.05, 0.1) is 17.1 Å². The number of nitro benzene ring substituents is 1. The van der Waals surface area contributed by atoms with Crippen LogP contribution < -0.4 is 4.74 Å². The van der Waals surface area contributed by atoms with E-state index in [0.29, 0.717) is 34.6 Å². The van der Waals surface area contributed by atoms with Gasteiger partial charge in [-0.15, -0.1) is 0 Å². The van der Waals surface area contributed by atoms with Crippen molar-refractivity contribution in [3.8, 4) is 5.75 Å². The average Bonchev–Trinajstić information content (AvgIpc) is 2.49. The van der Waals surface area contributed by atoms with Crippen molar-refractivity contribution >= 4 is 23.6 Å². The van der Waals surface area contributed by atoms with Crippen LogP contribution in [0.2, 0.25) is 5.02 Å². The number of aldehydes is 1. The van der Waals surface area contributed by atoms with E-state index in [1.165, 1.54) is 12.1 Å². The van der Waals surface area contributed by atoms with Crippen LogP contribution in [0.25, 0.3) is 0 Å². The number of carbonyl (C=O) groups is 1. The van der Waals surface area contributed by atoms with Gasteiger partial charge in [0.15, 0.2) is 6.29 Å². The van der Waals surface area contributed by atoms with Crippen LogP contribution in [0.1, 0.15) is 15.9 Å². The fourth-order valence-electron chi connectivity index (χ4n) is 1.91. The quantitative estimate of drug-likeness (QED) is 0.464.